The molecule has 0 saturated heterocycles. The lowest BCUT2D eigenvalue weighted by atomic mass is 9.98. The normalized spacial score (nSPS) is 10.7. The number of rotatable bonds is 6. The Labute approximate surface area is 168 Å². The summed E-state index contributed by atoms with van der Waals surface area (Å²) in [5.41, 5.74) is 5.27. The topological polar surface area (TPSA) is 50.2 Å². The maximum atomic E-state index is 11.3. The van der Waals surface area contributed by atoms with Crippen LogP contribution in [0.15, 0.2) is 84.9 Å². The van der Waals surface area contributed by atoms with Crippen molar-refractivity contribution in [2.45, 2.75) is 12.8 Å². The van der Waals surface area contributed by atoms with Crippen molar-refractivity contribution in [3.8, 4) is 22.4 Å². The van der Waals surface area contributed by atoms with Gasteiger partial charge in [-0.05, 0) is 16.7 Å². The first-order valence-electron chi connectivity index (χ1n) is 9.10. The number of benzene rings is 3. The minimum Gasteiger partial charge on any atom is -0.481 e. The van der Waals surface area contributed by atoms with Crippen LogP contribution in [-0.2, 0) is 17.6 Å². The summed E-state index contributed by atoms with van der Waals surface area (Å²) in [6.45, 7) is 0. The second-order valence-corrected chi connectivity index (χ2v) is 7.68. The van der Waals surface area contributed by atoms with Crippen molar-refractivity contribution < 1.29 is 9.90 Å². The lowest BCUT2D eigenvalue weighted by molar-refractivity contribution is -0.136. The number of nitrogens with zero attached hydrogens (tertiary/aromatic N) is 1. The van der Waals surface area contributed by atoms with Crippen molar-refractivity contribution in [1.82, 2.24) is 4.98 Å². The van der Waals surface area contributed by atoms with Crippen LogP contribution in [0.1, 0.15) is 15.4 Å². The fraction of sp³-hybridized carbons (Fsp3) is 0.0833. The van der Waals surface area contributed by atoms with E-state index in [9.17, 15) is 9.90 Å². The molecule has 0 aliphatic heterocycles. The van der Waals surface area contributed by atoms with Crippen molar-refractivity contribution in [1.29, 1.82) is 0 Å². The maximum absolute atomic E-state index is 11.3. The van der Waals surface area contributed by atoms with Gasteiger partial charge in [-0.1, -0.05) is 84.9 Å². The predicted molar refractivity (Wildman–Crippen MR) is 114 cm³/mol. The van der Waals surface area contributed by atoms with E-state index in [0.29, 0.717) is 6.42 Å². The summed E-state index contributed by atoms with van der Waals surface area (Å²) in [5.74, 6) is -0.836. The van der Waals surface area contributed by atoms with E-state index in [1.807, 2.05) is 60.7 Å². The van der Waals surface area contributed by atoms with Gasteiger partial charge < -0.3 is 5.11 Å². The third-order valence-corrected chi connectivity index (χ3v) is 5.60. The van der Waals surface area contributed by atoms with Gasteiger partial charge in [-0.2, -0.15) is 0 Å². The highest BCUT2D eigenvalue weighted by Crippen LogP contribution is 2.32. The van der Waals surface area contributed by atoms with E-state index < -0.39 is 5.97 Å². The van der Waals surface area contributed by atoms with Crippen LogP contribution in [0.25, 0.3) is 22.4 Å². The van der Waals surface area contributed by atoms with Gasteiger partial charge in [0.05, 0.1) is 17.1 Å². The molecule has 3 aromatic carbocycles. The number of carboxylic acid groups (broad SMARTS) is 1. The highest BCUT2D eigenvalue weighted by Gasteiger charge is 2.17. The minimum atomic E-state index is -0.836. The molecule has 0 atom stereocenters. The van der Waals surface area contributed by atoms with Crippen molar-refractivity contribution in [2.75, 3.05) is 0 Å². The molecule has 0 unspecified atom stereocenters. The summed E-state index contributed by atoms with van der Waals surface area (Å²) in [5, 5.41) is 10.2. The molecule has 0 saturated carbocycles. The third-order valence-electron chi connectivity index (χ3n) is 4.54. The molecule has 0 aliphatic carbocycles. The smallest absolute Gasteiger partial charge is 0.308 e. The summed E-state index contributed by atoms with van der Waals surface area (Å²) in [6, 6.07) is 28.4. The Morgan fingerprint density at radius 3 is 2.11 bits per heavy atom. The average molecular weight is 385 g/mol. The second-order valence-electron chi connectivity index (χ2n) is 6.52. The van der Waals surface area contributed by atoms with Crippen LogP contribution in [0, 0.1) is 0 Å². The molecule has 0 aliphatic rings. The SMILES string of the molecule is O=C(O)Cc1sc(Cc2ccccc2-c2ccccc2)nc1-c1ccccc1. The third kappa shape index (κ3) is 4.02. The molecule has 0 radical (unpaired) electrons. The van der Waals surface area contributed by atoms with Crippen LogP contribution < -0.4 is 0 Å². The molecular formula is C24H19NO2S. The number of hydrogen-bond donors (Lipinski definition) is 1. The second kappa shape index (κ2) is 8.19. The maximum Gasteiger partial charge on any atom is 0.308 e. The quantitative estimate of drug-likeness (QED) is 0.463. The number of hydrogen-bond acceptors (Lipinski definition) is 3. The zero-order valence-electron chi connectivity index (χ0n) is 15.2. The van der Waals surface area contributed by atoms with Gasteiger partial charge in [0.15, 0.2) is 0 Å². The molecule has 0 fully saturated rings. The van der Waals surface area contributed by atoms with Gasteiger partial charge in [-0.15, -0.1) is 11.3 Å². The van der Waals surface area contributed by atoms with Crippen molar-refractivity contribution in [3.63, 3.8) is 0 Å². The molecule has 1 aromatic heterocycles. The number of thiazole rings is 1. The number of aromatic nitrogens is 1. The van der Waals surface area contributed by atoms with Crippen LogP contribution in [0.5, 0.6) is 0 Å². The van der Waals surface area contributed by atoms with Gasteiger partial charge in [0, 0.05) is 16.9 Å². The van der Waals surface area contributed by atoms with Crippen LogP contribution in [0.4, 0.5) is 0 Å². The Hall–Kier alpha value is -3.24. The zero-order chi connectivity index (χ0) is 19.3. The van der Waals surface area contributed by atoms with Crippen LogP contribution >= 0.6 is 11.3 Å². The number of carbonyl (C=O) groups is 1. The zero-order valence-corrected chi connectivity index (χ0v) is 16.0. The van der Waals surface area contributed by atoms with E-state index in [-0.39, 0.29) is 6.42 Å². The Balaban J connectivity index is 1.72. The minimum absolute atomic E-state index is 0.0117. The van der Waals surface area contributed by atoms with Crippen molar-refractivity contribution >= 4 is 17.3 Å². The van der Waals surface area contributed by atoms with Crippen molar-refractivity contribution in [2.24, 2.45) is 0 Å². The van der Waals surface area contributed by atoms with E-state index in [1.54, 1.807) is 0 Å². The molecule has 28 heavy (non-hydrogen) atoms. The molecule has 1 N–H and O–H groups in total. The van der Waals surface area contributed by atoms with E-state index in [4.69, 9.17) is 4.98 Å². The number of carboxylic acids is 1. The molecule has 0 bridgehead atoms. The highest BCUT2D eigenvalue weighted by molar-refractivity contribution is 7.12. The lowest BCUT2D eigenvalue weighted by Gasteiger charge is -2.08. The van der Waals surface area contributed by atoms with E-state index >= 15 is 0 Å². The fourth-order valence-electron chi connectivity index (χ4n) is 3.29. The standard InChI is InChI=1S/C24H19NO2S/c26-23(27)16-21-24(18-11-5-2-6-12-18)25-22(28-21)15-19-13-7-8-14-20(19)17-9-3-1-4-10-17/h1-14H,15-16H2,(H,26,27). The van der Waals surface area contributed by atoms with Gasteiger partial charge in [0.2, 0.25) is 0 Å². The summed E-state index contributed by atoms with van der Waals surface area (Å²) in [4.78, 5) is 17.0. The Bertz CT molecular complexity index is 1090. The fourth-order valence-corrected chi connectivity index (χ4v) is 4.40. The van der Waals surface area contributed by atoms with Crippen LogP contribution in [0.2, 0.25) is 0 Å². The van der Waals surface area contributed by atoms with Gasteiger partial charge in [-0.25, -0.2) is 4.98 Å². The molecule has 4 aromatic rings. The van der Waals surface area contributed by atoms with Gasteiger partial charge in [0.25, 0.3) is 0 Å². The molecule has 1 heterocycles. The van der Waals surface area contributed by atoms with Gasteiger partial charge in [-0.3, -0.25) is 4.79 Å². The lowest BCUT2D eigenvalue weighted by Crippen LogP contribution is -1.99. The van der Waals surface area contributed by atoms with Crippen LogP contribution in [-0.4, -0.2) is 16.1 Å². The Morgan fingerprint density at radius 2 is 1.43 bits per heavy atom. The van der Waals surface area contributed by atoms with Crippen LogP contribution in [0.3, 0.4) is 0 Å². The first kappa shape index (κ1) is 18.1. The molecule has 3 nitrogen and oxygen atoms in total. The highest BCUT2D eigenvalue weighted by atomic mass is 32.1. The molecule has 4 heteroatoms. The predicted octanol–water partition coefficient (Wildman–Crippen LogP) is 5.70. The molecule has 0 amide bonds. The van der Waals surface area contributed by atoms with Gasteiger partial charge >= 0.3 is 5.97 Å². The molecule has 0 spiro atoms. The first-order valence-corrected chi connectivity index (χ1v) is 9.91. The molecule has 4 rings (SSSR count). The number of aliphatic carboxylic acids is 1. The Morgan fingerprint density at radius 1 is 0.821 bits per heavy atom. The summed E-state index contributed by atoms with van der Waals surface area (Å²) >= 11 is 1.49. The average Bonchev–Trinajstić information content (AvgIpc) is 3.11. The largest absolute Gasteiger partial charge is 0.481 e. The molecular weight excluding hydrogens is 366 g/mol. The van der Waals surface area contributed by atoms with E-state index in [2.05, 4.69) is 24.3 Å². The van der Waals surface area contributed by atoms with E-state index in [0.717, 1.165) is 21.1 Å². The van der Waals surface area contributed by atoms with E-state index in [1.165, 1.54) is 28.0 Å². The summed E-state index contributed by atoms with van der Waals surface area (Å²) in [7, 11) is 0. The summed E-state index contributed by atoms with van der Waals surface area (Å²) in [6.07, 6.45) is 0.664. The summed E-state index contributed by atoms with van der Waals surface area (Å²) < 4.78 is 0. The monoisotopic (exact) mass is 385 g/mol. The first-order chi connectivity index (χ1) is 13.7. The Kier molecular flexibility index (Phi) is 5.31. The van der Waals surface area contributed by atoms with Gasteiger partial charge in [0.1, 0.15) is 0 Å². The molecule has 138 valence electrons. The van der Waals surface area contributed by atoms with Crippen molar-refractivity contribution in [3.05, 3.63) is 100 Å².